The molecule has 0 radical (unpaired) electrons. The Kier molecular flexibility index (Phi) is 3.84. The van der Waals surface area contributed by atoms with E-state index in [1.54, 1.807) is 17.4 Å². The van der Waals surface area contributed by atoms with E-state index in [1.807, 2.05) is 16.8 Å². The molecule has 0 saturated carbocycles. The monoisotopic (exact) mass is 263 g/mol. The molecule has 4 nitrogen and oxygen atoms in total. The van der Waals surface area contributed by atoms with E-state index in [9.17, 15) is 4.79 Å². The molecule has 0 amide bonds. The van der Waals surface area contributed by atoms with Crippen molar-refractivity contribution in [3.63, 3.8) is 0 Å². The van der Waals surface area contributed by atoms with Gasteiger partial charge in [-0.15, -0.1) is 0 Å². The maximum atomic E-state index is 11.0. The molecule has 0 saturated heterocycles. The van der Waals surface area contributed by atoms with Gasteiger partial charge in [0.05, 0.1) is 6.61 Å². The third-order valence-electron chi connectivity index (χ3n) is 2.46. The predicted octanol–water partition coefficient (Wildman–Crippen LogP) is 2.65. The van der Waals surface area contributed by atoms with Gasteiger partial charge in [0, 0.05) is 18.2 Å². The summed E-state index contributed by atoms with van der Waals surface area (Å²) in [6.07, 6.45) is 0.747. The topological polar surface area (TPSA) is 72.6 Å². The number of aromatic carboxylic acids is 1. The summed E-state index contributed by atoms with van der Waals surface area (Å²) in [6, 6.07) is 6.56. The number of nitrogen functional groups attached to an aromatic ring is 1. The van der Waals surface area contributed by atoms with Crippen LogP contribution >= 0.6 is 11.3 Å². The van der Waals surface area contributed by atoms with E-state index < -0.39 is 5.97 Å². The minimum atomic E-state index is -1.01. The number of thiophene rings is 1. The van der Waals surface area contributed by atoms with E-state index >= 15 is 0 Å². The summed E-state index contributed by atoms with van der Waals surface area (Å²) in [5.41, 5.74) is 7.43. The van der Waals surface area contributed by atoms with Gasteiger partial charge < -0.3 is 15.6 Å². The molecule has 1 heterocycles. The molecule has 2 aromatic rings. The number of carboxylic acid groups (broad SMARTS) is 1. The zero-order chi connectivity index (χ0) is 13.0. The largest absolute Gasteiger partial charge is 0.492 e. The lowest BCUT2D eigenvalue weighted by molar-refractivity contribution is 0.0692. The number of benzene rings is 1. The second-order valence-electron chi connectivity index (χ2n) is 3.79. The Morgan fingerprint density at radius 3 is 2.89 bits per heavy atom. The van der Waals surface area contributed by atoms with Crippen molar-refractivity contribution in [3.05, 3.63) is 46.2 Å². The average molecular weight is 263 g/mol. The van der Waals surface area contributed by atoms with Gasteiger partial charge in [0.25, 0.3) is 0 Å². The number of ether oxygens (including phenoxy) is 1. The van der Waals surface area contributed by atoms with Crippen LogP contribution < -0.4 is 10.5 Å². The zero-order valence-electron chi connectivity index (χ0n) is 9.63. The van der Waals surface area contributed by atoms with Gasteiger partial charge in [0.2, 0.25) is 0 Å². The molecule has 3 N–H and O–H groups in total. The minimum absolute atomic E-state index is 0.134. The average Bonchev–Trinajstić information content (AvgIpc) is 2.82. The van der Waals surface area contributed by atoms with Crippen molar-refractivity contribution in [2.24, 2.45) is 0 Å². The molecule has 2 rings (SSSR count). The van der Waals surface area contributed by atoms with Gasteiger partial charge in [-0.1, -0.05) is 0 Å². The molecule has 0 fully saturated rings. The first kappa shape index (κ1) is 12.4. The van der Waals surface area contributed by atoms with Gasteiger partial charge in [0.1, 0.15) is 11.3 Å². The van der Waals surface area contributed by atoms with Gasteiger partial charge in [-0.25, -0.2) is 4.79 Å². The van der Waals surface area contributed by atoms with Gasteiger partial charge >= 0.3 is 5.97 Å². The van der Waals surface area contributed by atoms with Gasteiger partial charge in [-0.2, -0.15) is 11.3 Å². The Hall–Kier alpha value is -2.01. The minimum Gasteiger partial charge on any atom is -0.492 e. The van der Waals surface area contributed by atoms with Crippen molar-refractivity contribution in [1.29, 1.82) is 0 Å². The molecule has 0 bridgehead atoms. The lowest BCUT2D eigenvalue weighted by atomic mass is 10.2. The molecule has 94 valence electrons. The summed E-state index contributed by atoms with van der Waals surface area (Å²) in [5.74, 6) is -0.696. The normalized spacial score (nSPS) is 10.2. The molecular weight excluding hydrogens is 250 g/mol. The maximum Gasteiger partial charge on any atom is 0.339 e. The molecule has 0 spiro atoms. The zero-order valence-corrected chi connectivity index (χ0v) is 10.4. The molecule has 0 atom stereocenters. The lowest BCUT2D eigenvalue weighted by Crippen LogP contribution is -2.06. The highest BCUT2D eigenvalue weighted by molar-refractivity contribution is 7.07. The Morgan fingerprint density at radius 1 is 1.39 bits per heavy atom. The number of nitrogens with two attached hydrogens (primary N) is 1. The first-order valence-corrected chi connectivity index (χ1v) is 6.38. The van der Waals surface area contributed by atoms with Crippen LogP contribution in [0, 0.1) is 0 Å². The smallest absolute Gasteiger partial charge is 0.339 e. The highest BCUT2D eigenvalue weighted by Gasteiger charge is 2.11. The number of hydrogen-bond donors (Lipinski definition) is 2. The van der Waals surface area contributed by atoms with Crippen LogP contribution in [0.15, 0.2) is 35.0 Å². The third kappa shape index (κ3) is 3.01. The van der Waals surface area contributed by atoms with Gasteiger partial charge in [0.15, 0.2) is 0 Å². The lowest BCUT2D eigenvalue weighted by Gasteiger charge is -2.09. The third-order valence-corrected chi connectivity index (χ3v) is 3.20. The summed E-state index contributed by atoms with van der Waals surface area (Å²) >= 11 is 1.63. The van der Waals surface area contributed by atoms with Crippen LogP contribution in [0.4, 0.5) is 5.69 Å². The fraction of sp³-hybridized carbons (Fsp3) is 0.154. The van der Waals surface area contributed by atoms with Crippen molar-refractivity contribution in [1.82, 2.24) is 0 Å². The van der Waals surface area contributed by atoms with Crippen molar-refractivity contribution in [2.75, 3.05) is 12.3 Å². The van der Waals surface area contributed by atoms with Crippen LogP contribution in [-0.4, -0.2) is 17.7 Å². The summed E-state index contributed by atoms with van der Waals surface area (Å²) in [5, 5.41) is 13.1. The fourth-order valence-electron chi connectivity index (χ4n) is 1.55. The van der Waals surface area contributed by atoms with Crippen molar-refractivity contribution in [2.45, 2.75) is 6.42 Å². The quantitative estimate of drug-likeness (QED) is 0.813. The standard InChI is InChI=1S/C13H13NO3S/c14-10-1-2-11(13(15)16)12(7-10)17-5-3-9-4-6-18-8-9/h1-2,4,6-8H,3,5,14H2,(H,15,16). The molecule has 18 heavy (non-hydrogen) atoms. The van der Waals surface area contributed by atoms with Crippen LogP contribution in [0.1, 0.15) is 15.9 Å². The van der Waals surface area contributed by atoms with E-state index in [1.165, 1.54) is 17.7 Å². The summed E-state index contributed by atoms with van der Waals surface area (Å²) < 4.78 is 5.50. The molecule has 0 unspecified atom stereocenters. The van der Waals surface area contributed by atoms with E-state index in [4.69, 9.17) is 15.6 Å². The van der Waals surface area contributed by atoms with Crippen LogP contribution in [0.25, 0.3) is 0 Å². The van der Waals surface area contributed by atoms with E-state index in [-0.39, 0.29) is 5.56 Å². The summed E-state index contributed by atoms with van der Waals surface area (Å²) in [6.45, 7) is 0.431. The first-order chi connectivity index (χ1) is 8.66. The molecule has 1 aromatic carbocycles. The van der Waals surface area contributed by atoms with Crippen molar-refractivity contribution >= 4 is 23.0 Å². The van der Waals surface area contributed by atoms with Gasteiger partial charge in [-0.05, 0) is 34.5 Å². The molecule has 5 heteroatoms. The molecular formula is C13H13NO3S. The highest BCUT2D eigenvalue weighted by atomic mass is 32.1. The molecule has 0 aliphatic heterocycles. The van der Waals surface area contributed by atoms with E-state index in [2.05, 4.69) is 0 Å². The Balaban J connectivity index is 2.03. The van der Waals surface area contributed by atoms with Crippen LogP contribution in [0.3, 0.4) is 0 Å². The number of hydrogen-bond acceptors (Lipinski definition) is 4. The molecule has 0 aliphatic rings. The second kappa shape index (κ2) is 5.55. The summed E-state index contributed by atoms with van der Waals surface area (Å²) in [7, 11) is 0. The number of carbonyl (C=O) groups is 1. The maximum absolute atomic E-state index is 11.0. The SMILES string of the molecule is Nc1ccc(C(=O)O)c(OCCc2ccsc2)c1. The van der Waals surface area contributed by atoms with E-state index in [0.717, 1.165) is 6.42 Å². The predicted molar refractivity (Wildman–Crippen MR) is 71.3 cm³/mol. The Bertz CT molecular complexity index is 537. The second-order valence-corrected chi connectivity index (χ2v) is 4.57. The first-order valence-electron chi connectivity index (χ1n) is 5.43. The van der Waals surface area contributed by atoms with Gasteiger partial charge in [-0.3, -0.25) is 0 Å². The van der Waals surface area contributed by atoms with Crippen LogP contribution in [0.5, 0.6) is 5.75 Å². The number of rotatable bonds is 5. The van der Waals surface area contributed by atoms with Crippen LogP contribution in [0.2, 0.25) is 0 Å². The number of carboxylic acids is 1. The fourth-order valence-corrected chi connectivity index (χ4v) is 2.25. The molecule has 1 aromatic heterocycles. The Labute approximate surface area is 109 Å². The summed E-state index contributed by atoms with van der Waals surface area (Å²) in [4.78, 5) is 11.0. The van der Waals surface area contributed by atoms with Crippen LogP contribution in [-0.2, 0) is 6.42 Å². The highest BCUT2D eigenvalue weighted by Crippen LogP contribution is 2.22. The van der Waals surface area contributed by atoms with Crippen molar-refractivity contribution < 1.29 is 14.6 Å². The number of anilines is 1. The van der Waals surface area contributed by atoms with Crippen molar-refractivity contribution in [3.8, 4) is 5.75 Å². The molecule has 0 aliphatic carbocycles. The van der Waals surface area contributed by atoms with E-state index in [0.29, 0.717) is 18.0 Å². The Morgan fingerprint density at radius 2 is 2.22 bits per heavy atom.